The van der Waals surface area contributed by atoms with Crippen LogP contribution in [0, 0.1) is 27.7 Å². The third-order valence-electron chi connectivity index (χ3n) is 3.61. The molecule has 2 heteroatoms. The lowest BCUT2D eigenvalue weighted by Crippen LogP contribution is -2.04. The van der Waals surface area contributed by atoms with Crippen molar-refractivity contribution in [3.05, 3.63) is 57.9 Å². The van der Waals surface area contributed by atoms with E-state index in [2.05, 4.69) is 18.8 Å². The molecular weight excluding hydrogens is 210 g/mol. The minimum atomic E-state index is -0.566. The first kappa shape index (κ1) is 11.9. The highest BCUT2D eigenvalue weighted by atomic mass is 16.3. The highest BCUT2D eigenvalue weighted by Crippen LogP contribution is 2.28. The fraction of sp³-hybridized carbons (Fsp3) is 0.333. The summed E-state index contributed by atoms with van der Waals surface area (Å²) in [4.78, 5) is 3.29. The van der Waals surface area contributed by atoms with E-state index in [1.54, 1.807) is 0 Å². The molecular formula is C15H19NO. The van der Waals surface area contributed by atoms with Crippen LogP contribution in [0.5, 0.6) is 0 Å². The highest BCUT2D eigenvalue weighted by Gasteiger charge is 2.18. The summed E-state index contributed by atoms with van der Waals surface area (Å²) in [5.41, 5.74) is 6.51. The molecule has 0 aliphatic carbocycles. The molecule has 0 radical (unpaired) electrons. The number of aryl methyl sites for hydroxylation is 2. The highest BCUT2D eigenvalue weighted by molar-refractivity contribution is 5.41. The van der Waals surface area contributed by atoms with Crippen molar-refractivity contribution in [1.82, 2.24) is 4.98 Å². The van der Waals surface area contributed by atoms with Gasteiger partial charge in [0.05, 0.1) is 5.69 Å². The van der Waals surface area contributed by atoms with Crippen molar-refractivity contribution in [3.63, 3.8) is 0 Å². The molecule has 90 valence electrons. The van der Waals surface area contributed by atoms with Crippen LogP contribution >= 0.6 is 0 Å². The lowest BCUT2D eigenvalue weighted by molar-refractivity contribution is 0.214. The van der Waals surface area contributed by atoms with E-state index in [-0.39, 0.29) is 0 Å². The second kappa shape index (κ2) is 4.38. The molecule has 1 atom stereocenters. The first-order valence-electron chi connectivity index (χ1n) is 5.91. The minimum absolute atomic E-state index is 0.566. The number of hydrogen-bond acceptors (Lipinski definition) is 1. The largest absolute Gasteiger partial charge is 0.382 e. The average molecular weight is 229 g/mol. The predicted octanol–water partition coefficient (Wildman–Crippen LogP) is 3.33. The smallest absolute Gasteiger partial charge is 0.119 e. The molecule has 0 spiro atoms. The maximum Gasteiger partial charge on any atom is 0.119 e. The van der Waals surface area contributed by atoms with E-state index in [0.717, 1.165) is 28.1 Å². The van der Waals surface area contributed by atoms with Gasteiger partial charge in [0, 0.05) is 5.69 Å². The SMILES string of the molecule is Cc1ccccc1C(O)c1[nH]c(C)c(C)c1C. The Morgan fingerprint density at radius 3 is 2.18 bits per heavy atom. The Hall–Kier alpha value is -1.54. The van der Waals surface area contributed by atoms with Crippen LogP contribution in [0.15, 0.2) is 24.3 Å². The molecule has 1 unspecified atom stereocenters. The van der Waals surface area contributed by atoms with Crippen molar-refractivity contribution in [2.24, 2.45) is 0 Å². The first-order chi connectivity index (χ1) is 8.02. The quantitative estimate of drug-likeness (QED) is 0.814. The summed E-state index contributed by atoms with van der Waals surface area (Å²) in [7, 11) is 0. The van der Waals surface area contributed by atoms with Crippen molar-refractivity contribution >= 4 is 0 Å². The van der Waals surface area contributed by atoms with Crippen LogP contribution in [0.2, 0.25) is 0 Å². The molecule has 0 saturated carbocycles. The Balaban J connectivity index is 2.48. The Kier molecular flexibility index (Phi) is 3.07. The number of nitrogens with one attached hydrogen (secondary N) is 1. The van der Waals surface area contributed by atoms with Gasteiger partial charge in [-0.1, -0.05) is 24.3 Å². The molecule has 2 rings (SSSR count). The zero-order chi connectivity index (χ0) is 12.6. The number of aliphatic hydroxyl groups is 1. The van der Waals surface area contributed by atoms with E-state index in [1.807, 2.05) is 38.1 Å². The number of benzene rings is 1. The molecule has 0 saturated heterocycles. The summed E-state index contributed by atoms with van der Waals surface area (Å²) >= 11 is 0. The van der Waals surface area contributed by atoms with E-state index >= 15 is 0 Å². The molecule has 1 aromatic carbocycles. The van der Waals surface area contributed by atoms with Gasteiger partial charge >= 0.3 is 0 Å². The van der Waals surface area contributed by atoms with Gasteiger partial charge in [-0.15, -0.1) is 0 Å². The summed E-state index contributed by atoms with van der Waals surface area (Å²) in [5, 5.41) is 10.5. The number of aromatic nitrogens is 1. The van der Waals surface area contributed by atoms with Gasteiger partial charge in [-0.2, -0.15) is 0 Å². The van der Waals surface area contributed by atoms with E-state index in [1.165, 1.54) is 5.56 Å². The molecule has 1 heterocycles. The number of aliphatic hydroxyl groups excluding tert-OH is 1. The molecule has 0 aliphatic rings. The normalized spacial score (nSPS) is 12.8. The van der Waals surface area contributed by atoms with Crippen LogP contribution in [0.3, 0.4) is 0 Å². The number of hydrogen-bond donors (Lipinski definition) is 2. The van der Waals surface area contributed by atoms with E-state index < -0.39 is 6.10 Å². The summed E-state index contributed by atoms with van der Waals surface area (Å²) < 4.78 is 0. The number of H-pyrrole nitrogens is 1. The Labute approximate surface area is 102 Å². The number of rotatable bonds is 2. The first-order valence-corrected chi connectivity index (χ1v) is 5.91. The van der Waals surface area contributed by atoms with Crippen LogP contribution in [-0.2, 0) is 0 Å². The number of aromatic amines is 1. The van der Waals surface area contributed by atoms with Crippen LogP contribution in [0.1, 0.15) is 39.7 Å². The van der Waals surface area contributed by atoms with Gasteiger partial charge < -0.3 is 10.1 Å². The zero-order valence-corrected chi connectivity index (χ0v) is 10.8. The van der Waals surface area contributed by atoms with Crippen LogP contribution < -0.4 is 0 Å². The Bertz CT molecular complexity index is 540. The molecule has 0 amide bonds. The summed E-state index contributed by atoms with van der Waals surface area (Å²) in [6.45, 7) is 8.19. The van der Waals surface area contributed by atoms with Gasteiger partial charge in [0.2, 0.25) is 0 Å². The maximum atomic E-state index is 10.5. The van der Waals surface area contributed by atoms with Crippen LogP contribution in [0.4, 0.5) is 0 Å². The molecule has 0 bridgehead atoms. The second-order valence-electron chi connectivity index (χ2n) is 4.67. The third-order valence-corrected chi connectivity index (χ3v) is 3.61. The summed E-state index contributed by atoms with van der Waals surface area (Å²) in [6, 6.07) is 7.95. The van der Waals surface area contributed by atoms with Gasteiger partial charge in [-0.3, -0.25) is 0 Å². The predicted molar refractivity (Wildman–Crippen MR) is 70.2 cm³/mol. The van der Waals surface area contributed by atoms with Gasteiger partial charge in [-0.25, -0.2) is 0 Å². The molecule has 2 N–H and O–H groups in total. The average Bonchev–Trinajstić information content (AvgIpc) is 2.57. The molecule has 17 heavy (non-hydrogen) atoms. The van der Waals surface area contributed by atoms with Crippen molar-refractivity contribution in [1.29, 1.82) is 0 Å². The maximum absolute atomic E-state index is 10.5. The molecule has 2 nitrogen and oxygen atoms in total. The van der Waals surface area contributed by atoms with Crippen molar-refractivity contribution in [3.8, 4) is 0 Å². The second-order valence-corrected chi connectivity index (χ2v) is 4.67. The van der Waals surface area contributed by atoms with Gasteiger partial charge in [0.1, 0.15) is 6.10 Å². The molecule has 0 fully saturated rings. The molecule has 2 aromatic rings. The van der Waals surface area contributed by atoms with Crippen molar-refractivity contribution in [2.75, 3.05) is 0 Å². The molecule has 1 aromatic heterocycles. The van der Waals surface area contributed by atoms with Crippen LogP contribution in [0.25, 0.3) is 0 Å². The fourth-order valence-corrected chi connectivity index (χ4v) is 2.20. The summed E-state index contributed by atoms with van der Waals surface area (Å²) in [6.07, 6.45) is -0.566. The van der Waals surface area contributed by atoms with E-state index in [0.29, 0.717) is 0 Å². The lowest BCUT2D eigenvalue weighted by Gasteiger charge is -2.13. The van der Waals surface area contributed by atoms with E-state index in [4.69, 9.17) is 0 Å². The topological polar surface area (TPSA) is 36.0 Å². The third kappa shape index (κ3) is 2.01. The van der Waals surface area contributed by atoms with Gasteiger partial charge in [-0.05, 0) is 49.9 Å². The van der Waals surface area contributed by atoms with Crippen LogP contribution in [-0.4, -0.2) is 10.1 Å². The summed E-state index contributed by atoms with van der Waals surface area (Å²) in [5.74, 6) is 0. The van der Waals surface area contributed by atoms with Gasteiger partial charge in [0.25, 0.3) is 0 Å². The zero-order valence-electron chi connectivity index (χ0n) is 10.8. The van der Waals surface area contributed by atoms with Crippen molar-refractivity contribution in [2.45, 2.75) is 33.8 Å². The molecule has 0 aliphatic heterocycles. The lowest BCUT2D eigenvalue weighted by atomic mass is 9.99. The monoisotopic (exact) mass is 229 g/mol. The van der Waals surface area contributed by atoms with Gasteiger partial charge in [0.15, 0.2) is 0 Å². The van der Waals surface area contributed by atoms with Crippen molar-refractivity contribution < 1.29 is 5.11 Å². The Morgan fingerprint density at radius 1 is 1.00 bits per heavy atom. The Morgan fingerprint density at radius 2 is 1.65 bits per heavy atom. The minimum Gasteiger partial charge on any atom is -0.382 e. The van der Waals surface area contributed by atoms with E-state index in [9.17, 15) is 5.11 Å². The fourth-order valence-electron chi connectivity index (χ4n) is 2.20. The standard InChI is InChI=1S/C15H19NO/c1-9-7-5-6-8-13(9)15(17)14-11(3)10(2)12(4)16-14/h5-8,15-17H,1-4H3.